The number of hydrogen-bond donors (Lipinski definition) is 1. The van der Waals surface area contributed by atoms with Gasteiger partial charge in [-0.25, -0.2) is 4.79 Å². The molecule has 0 aliphatic heterocycles. The Labute approximate surface area is 136 Å². The third-order valence-electron chi connectivity index (χ3n) is 3.16. The molecule has 126 valence electrons. The first kappa shape index (κ1) is 18.9. The van der Waals surface area contributed by atoms with Crippen molar-refractivity contribution in [2.45, 2.75) is 44.8 Å². The first-order valence-corrected chi connectivity index (χ1v) is 7.39. The minimum atomic E-state index is -2.37. The molecule has 0 spiro atoms. The van der Waals surface area contributed by atoms with Crippen LogP contribution in [0.25, 0.3) is 0 Å². The van der Waals surface area contributed by atoms with E-state index >= 15 is 0 Å². The first-order valence-electron chi connectivity index (χ1n) is 7.39. The van der Waals surface area contributed by atoms with Crippen LogP contribution >= 0.6 is 0 Å². The van der Waals surface area contributed by atoms with Gasteiger partial charge in [-0.05, 0) is 39.3 Å². The van der Waals surface area contributed by atoms with Gasteiger partial charge in [-0.15, -0.1) is 6.58 Å². The van der Waals surface area contributed by atoms with E-state index in [1.807, 2.05) is 0 Å². The van der Waals surface area contributed by atoms with Crippen LogP contribution in [0.1, 0.15) is 39.2 Å². The Bertz CT molecular complexity index is 585. The summed E-state index contributed by atoms with van der Waals surface area (Å²) in [5.41, 5.74) is -3.08. The summed E-state index contributed by atoms with van der Waals surface area (Å²) in [4.78, 5) is 25.0. The number of benzene rings is 1. The van der Waals surface area contributed by atoms with E-state index in [1.54, 1.807) is 39.0 Å². The number of Topliss-reactive ketones (excluding diaryl/α,β-unsaturated/α-hetero) is 1. The predicted molar refractivity (Wildman–Crippen MR) is 87.2 cm³/mol. The average Bonchev–Trinajstić information content (AvgIpc) is 2.49. The van der Waals surface area contributed by atoms with E-state index in [4.69, 9.17) is 9.47 Å². The molecule has 0 saturated heterocycles. The predicted octanol–water partition coefficient (Wildman–Crippen LogP) is 2.76. The highest BCUT2D eigenvalue weighted by Crippen LogP contribution is 2.30. The molecule has 0 aliphatic rings. The molecule has 1 unspecified atom stereocenters. The van der Waals surface area contributed by atoms with Gasteiger partial charge in [0.15, 0.2) is 5.78 Å². The van der Waals surface area contributed by atoms with Crippen molar-refractivity contribution in [2.24, 2.45) is 0 Å². The van der Waals surface area contributed by atoms with Gasteiger partial charge >= 0.3 is 5.97 Å². The maximum atomic E-state index is 12.5. The Hall–Kier alpha value is -2.14. The number of aliphatic hydroxyl groups is 1. The third-order valence-corrected chi connectivity index (χ3v) is 3.16. The van der Waals surface area contributed by atoms with Gasteiger partial charge in [-0.1, -0.05) is 18.2 Å². The van der Waals surface area contributed by atoms with Crippen molar-refractivity contribution in [3.8, 4) is 5.75 Å². The highest BCUT2D eigenvalue weighted by molar-refractivity contribution is 6.07. The van der Waals surface area contributed by atoms with Gasteiger partial charge in [-0.2, -0.15) is 0 Å². The summed E-state index contributed by atoms with van der Waals surface area (Å²) in [5.74, 6) is -1.20. The normalized spacial score (nSPS) is 13.8. The average molecular weight is 320 g/mol. The van der Waals surface area contributed by atoms with Gasteiger partial charge in [0.1, 0.15) is 11.4 Å². The number of esters is 1. The number of ether oxygens (including phenoxy) is 2. The van der Waals surface area contributed by atoms with Crippen LogP contribution < -0.4 is 4.74 Å². The third kappa shape index (κ3) is 4.66. The quantitative estimate of drug-likeness (QED) is 0.475. The first-order chi connectivity index (χ1) is 10.6. The van der Waals surface area contributed by atoms with Crippen molar-refractivity contribution in [3.63, 3.8) is 0 Å². The van der Waals surface area contributed by atoms with Gasteiger partial charge in [0, 0.05) is 12.0 Å². The standard InChI is InChI=1S/C18H24O5/c1-6-7-11-15(19)18(21,16(20)23-17(2,3)4)13-9-8-10-14(12-13)22-5/h6,8-10,12,21H,1,7,11H2,2-5H3. The van der Waals surface area contributed by atoms with Gasteiger partial charge in [0.05, 0.1) is 7.11 Å². The summed E-state index contributed by atoms with van der Waals surface area (Å²) < 4.78 is 10.4. The smallest absolute Gasteiger partial charge is 0.351 e. The Morgan fingerprint density at radius 1 is 1.30 bits per heavy atom. The van der Waals surface area contributed by atoms with Crippen LogP contribution in [-0.4, -0.2) is 29.6 Å². The number of allylic oxidation sites excluding steroid dienone is 1. The minimum absolute atomic E-state index is 0.0174. The molecular formula is C18H24O5. The topological polar surface area (TPSA) is 72.8 Å². The maximum Gasteiger partial charge on any atom is 0.351 e. The van der Waals surface area contributed by atoms with E-state index in [-0.39, 0.29) is 12.0 Å². The van der Waals surface area contributed by atoms with Gasteiger partial charge in [0.2, 0.25) is 5.60 Å². The lowest BCUT2D eigenvalue weighted by molar-refractivity contribution is -0.181. The second-order valence-corrected chi connectivity index (χ2v) is 6.19. The number of methoxy groups -OCH3 is 1. The monoisotopic (exact) mass is 320 g/mol. The lowest BCUT2D eigenvalue weighted by Crippen LogP contribution is -2.47. The molecule has 1 atom stereocenters. The molecule has 1 aromatic rings. The van der Waals surface area contributed by atoms with E-state index in [0.717, 1.165) is 0 Å². The van der Waals surface area contributed by atoms with Crippen LogP contribution in [0.3, 0.4) is 0 Å². The summed E-state index contributed by atoms with van der Waals surface area (Å²) in [5, 5.41) is 10.9. The molecule has 0 amide bonds. The Kier molecular flexibility index (Phi) is 6.10. The molecule has 1 N–H and O–H groups in total. The molecule has 5 heteroatoms. The van der Waals surface area contributed by atoms with Crippen molar-refractivity contribution in [1.82, 2.24) is 0 Å². The van der Waals surface area contributed by atoms with E-state index in [1.165, 1.54) is 19.2 Å². The molecular weight excluding hydrogens is 296 g/mol. The SMILES string of the molecule is C=CCCC(=O)C(O)(C(=O)OC(C)(C)C)c1cccc(OC)c1. The van der Waals surface area contributed by atoms with E-state index in [0.29, 0.717) is 12.2 Å². The fourth-order valence-electron chi connectivity index (χ4n) is 2.01. The van der Waals surface area contributed by atoms with Crippen LogP contribution in [0.5, 0.6) is 5.75 Å². The molecule has 0 fully saturated rings. The largest absolute Gasteiger partial charge is 0.497 e. The van der Waals surface area contributed by atoms with Crippen molar-refractivity contribution in [3.05, 3.63) is 42.5 Å². The molecule has 5 nitrogen and oxygen atoms in total. The highest BCUT2D eigenvalue weighted by atomic mass is 16.6. The van der Waals surface area contributed by atoms with Crippen LogP contribution in [0.2, 0.25) is 0 Å². The molecule has 0 aliphatic carbocycles. The molecule has 0 saturated carbocycles. The van der Waals surface area contributed by atoms with Gasteiger partial charge in [-0.3, -0.25) is 4.79 Å². The summed E-state index contributed by atoms with van der Waals surface area (Å²) in [6.07, 6.45) is 1.89. The van der Waals surface area contributed by atoms with Gasteiger partial charge < -0.3 is 14.6 Å². The zero-order valence-corrected chi connectivity index (χ0v) is 14.1. The Balaban J connectivity index is 3.31. The maximum absolute atomic E-state index is 12.5. The summed E-state index contributed by atoms with van der Waals surface area (Å²) in [6, 6.07) is 6.21. The molecule has 1 rings (SSSR count). The number of rotatable bonds is 7. The summed E-state index contributed by atoms with van der Waals surface area (Å²) >= 11 is 0. The molecule has 1 aromatic carbocycles. The lowest BCUT2D eigenvalue weighted by atomic mass is 9.87. The number of carbonyl (C=O) groups excluding carboxylic acids is 2. The Morgan fingerprint density at radius 2 is 1.96 bits per heavy atom. The second kappa shape index (κ2) is 7.42. The fraction of sp³-hybridized carbons (Fsp3) is 0.444. The minimum Gasteiger partial charge on any atom is -0.497 e. The molecule has 23 heavy (non-hydrogen) atoms. The fourth-order valence-corrected chi connectivity index (χ4v) is 2.01. The number of hydrogen-bond acceptors (Lipinski definition) is 5. The van der Waals surface area contributed by atoms with E-state index < -0.39 is 23.0 Å². The zero-order chi connectivity index (χ0) is 17.7. The molecule has 0 radical (unpaired) electrons. The van der Waals surface area contributed by atoms with Crippen molar-refractivity contribution >= 4 is 11.8 Å². The number of ketones is 1. The summed E-state index contributed by atoms with van der Waals surface area (Å²) in [6.45, 7) is 8.56. The molecule has 0 bridgehead atoms. The van der Waals surface area contributed by atoms with Crippen molar-refractivity contribution in [1.29, 1.82) is 0 Å². The Morgan fingerprint density at radius 3 is 2.48 bits per heavy atom. The van der Waals surface area contributed by atoms with E-state index in [9.17, 15) is 14.7 Å². The van der Waals surface area contributed by atoms with Crippen LogP contribution in [0.4, 0.5) is 0 Å². The number of carbonyl (C=O) groups is 2. The zero-order valence-electron chi connectivity index (χ0n) is 14.1. The summed E-state index contributed by atoms with van der Waals surface area (Å²) in [7, 11) is 1.46. The van der Waals surface area contributed by atoms with Crippen LogP contribution in [0, 0.1) is 0 Å². The lowest BCUT2D eigenvalue weighted by Gasteiger charge is -2.29. The van der Waals surface area contributed by atoms with Crippen LogP contribution in [0.15, 0.2) is 36.9 Å². The van der Waals surface area contributed by atoms with E-state index in [2.05, 4.69) is 6.58 Å². The van der Waals surface area contributed by atoms with Gasteiger partial charge in [0.25, 0.3) is 0 Å². The molecule has 0 heterocycles. The highest BCUT2D eigenvalue weighted by Gasteiger charge is 2.47. The second-order valence-electron chi connectivity index (χ2n) is 6.19. The van der Waals surface area contributed by atoms with Crippen LogP contribution in [-0.2, 0) is 19.9 Å². The van der Waals surface area contributed by atoms with Crippen molar-refractivity contribution < 1.29 is 24.2 Å². The molecule has 0 aromatic heterocycles. The van der Waals surface area contributed by atoms with Crippen molar-refractivity contribution in [2.75, 3.05) is 7.11 Å².